The highest BCUT2D eigenvalue weighted by Gasteiger charge is 2.25. The van der Waals surface area contributed by atoms with Crippen molar-refractivity contribution >= 4 is 28.8 Å². The maximum Gasteiger partial charge on any atom is 0.294 e. The number of hydrogen-bond acceptors (Lipinski definition) is 10. The van der Waals surface area contributed by atoms with Crippen LogP contribution >= 0.6 is 11.3 Å². The molecule has 0 radical (unpaired) electrons. The Hall–Kier alpha value is -4.06. The first-order valence-electron chi connectivity index (χ1n) is 8.27. The van der Waals surface area contributed by atoms with Crippen molar-refractivity contribution < 1.29 is 14.5 Å². The van der Waals surface area contributed by atoms with Crippen molar-refractivity contribution in [1.82, 2.24) is 30.7 Å². The number of hydrogen-bond donors (Lipinski definition) is 3. The molecule has 0 spiro atoms. The van der Waals surface area contributed by atoms with E-state index < -0.39 is 5.91 Å². The summed E-state index contributed by atoms with van der Waals surface area (Å²) >= 11 is 1.38. The van der Waals surface area contributed by atoms with Crippen LogP contribution in [0.5, 0.6) is 5.75 Å². The predicted octanol–water partition coefficient (Wildman–Crippen LogP) is 1.82. The SMILES string of the molecule is CC(=NNC(=O)c1nnn(-c2nonc2N)c1-c1cccs1)c1ccccc1O. The average Bonchev–Trinajstić information content (AvgIpc) is 3.45. The molecular weight excluding hydrogens is 396 g/mol. The topological polar surface area (TPSA) is 157 Å². The zero-order chi connectivity index (χ0) is 20.4. The Balaban J connectivity index is 1.69. The Labute approximate surface area is 167 Å². The lowest BCUT2D eigenvalue weighted by molar-refractivity contribution is 0.0950. The van der Waals surface area contributed by atoms with Crippen LogP contribution in [0.3, 0.4) is 0 Å². The maximum atomic E-state index is 12.8. The number of carbonyl (C=O) groups is 1. The number of aromatic hydroxyl groups is 1. The molecule has 0 saturated carbocycles. The minimum Gasteiger partial charge on any atom is -0.507 e. The van der Waals surface area contributed by atoms with Crippen molar-refractivity contribution in [3.8, 4) is 22.1 Å². The maximum absolute atomic E-state index is 12.8. The van der Waals surface area contributed by atoms with E-state index in [1.54, 1.807) is 31.2 Å². The van der Waals surface area contributed by atoms with Crippen LogP contribution in [0.4, 0.5) is 5.82 Å². The lowest BCUT2D eigenvalue weighted by Crippen LogP contribution is -2.20. The number of amides is 1. The summed E-state index contributed by atoms with van der Waals surface area (Å²) in [5, 5.41) is 31.0. The highest BCUT2D eigenvalue weighted by Crippen LogP contribution is 2.29. The molecule has 12 heteroatoms. The fourth-order valence-corrected chi connectivity index (χ4v) is 3.34. The number of nitrogens with zero attached hydrogens (tertiary/aromatic N) is 6. The summed E-state index contributed by atoms with van der Waals surface area (Å²) in [6.45, 7) is 1.66. The summed E-state index contributed by atoms with van der Waals surface area (Å²) in [6, 6.07) is 10.3. The first kappa shape index (κ1) is 18.3. The number of nitrogens with one attached hydrogen (secondary N) is 1. The molecule has 0 saturated heterocycles. The zero-order valence-electron chi connectivity index (χ0n) is 15.0. The molecule has 3 aromatic heterocycles. The summed E-state index contributed by atoms with van der Waals surface area (Å²) in [4.78, 5) is 13.5. The fourth-order valence-electron chi connectivity index (χ4n) is 2.58. The van der Waals surface area contributed by atoms with Crippen molar-refractivity contribution in [2.75, 3.05) is 5.73 Å². The van der Waals surface area contributed by atoms with Crippen LogP contribution in [0.15, 0.2) is 51.5 Å². The number of nitrogens with two attached hydrogens (primary N) is 1. The number of anilines is 1. The number of phenolic OH excluding ortho intramolecular Hbond substituents is 1. The second kappa shape index (κ2) is 7.52. The lowest BCUT2D eigenvalue weighted by Gasteiger charge is -2.05. The highest BCUT2D eigenvalue weighted by molar-refractivity contribution is 7.13. The van der Waals surface area contributed by atoms with Crippen LogP contribution in [0, 0.1) is 0 Å². The van der Waals surface area contributed by atoms with Gasteiger partial charge in [-0.05, 0) is 40.8 Å². The minimum atomic E-state index is -0.593. The first-order chi connectivity index (χ1) is 14.1. The van der Waals surface area contributed by atoms with Crippen LogP contribution in [0.2, 0.25) is 0 Å². The number of carbonyl (C=O) groups excluding carboxylic acids is 1. The van der Waals surface area contributed by atoms with E-state index >= 15 is 0 Å². The third kappa shape index (κ3) is 3.43. The molecule has 0 aliphatic carbocycles. The van der Waals surface area contributed by atoms with Gasteiger partial charge in [0, 0.05) is 5.56 Å². The van der Waals surface area contributed by atoms with Crippen LogP contribution < -0.4 is 11.2 Å². The van der Waals surface area contributed by atoms with Crippen molar-refractivity contribution in [2.24, 2.45) is 5.10 Å². The van der Waals surface area contributed by atoms with Gasteiger partial charge in [0.05, 0.1) is 10.6 Å². The van der Waals surface area contributed by atoms with E-state index in [9.17, 15) is 9.90 Å². The van der Waals surface area contributed by atoms with Gasteiger partial charge in [-0.2, -0.15) is 9.78 Å². The van der Waals surface area contributed by atoms with E-state index in [2.05, 4.69) is 35.8 Å². The highest BCUT2D eigenvalue weighted by atomic mass is 32.1. The Morgan fingerprint density at radius 3 is 2.79 bits per heavy atom. The molecule has 146 valence electrons. The van der Waals surface area contributed by atoms with Gasteiger partial charge in [-0.25, -0.2) is 10.1 Å². The van der Waals surface area contributed by atoms with Crippen molar-refractivity contribution in [3.63, 3.8) is 0 Å². The summed E-state index contributed by atoms with van der Waals surface area (Å²) in [6.07, 6.45) is 0. The lowest BCUT2D eigenvalue weighted by atomic mass is 10.1. The molecule has 11 nitrogen and oxygen atoms in total. The van der Waals surface area contributed by atoms with Crippen LogP contribution in [0.25, 0.3) is 16.4 Å². The molecule has 4 aromatic rings. The van der Waals surface area contributed by atoms with E-state index in [1.165, 1.54) is 22.1 Å². The molecule has 3 heterocycles. The first-order valence-corrected chi connectivity index (χ1v) is 9.15. The van der Waals surface area contributed by atoms with Gasteiger partial charge in [-0.1, -0.05) is 23.4 Å². The Morgan fingerprint density at radius 1 is 1.28 bits per heavy atom. The molecular formula is C17H14N8O3S. The number of rotatable bonds is 5. The fraction of sp³-hybridized carbons (Fsp3) is 0.0588. The normalized spacial score (nSPS) is 11.6. The molecule has 0 fully saturated rings. The second-order valence-corrected chi connectivity index (χ2v) is 6.75. The second-order valence-electron chi connectivity index (χ2n) is 5.80. The number of nitrogen functional groups attached to an aromatic ring is 1. The zero-order valence-corrected chi connectivity index (χ0v) is 15.8. The average molecular weight is 410 g/mol. The third-order valence-electron chi connectivity index (χ3n) is 3.96. The predicted molar refractivity (Wildman–Crippen MR) is 105 cm³/mol. The van der Waals surface area contributed by atoms with Gasteiger partial charge in [0.1, 0.15) is 11.4 Å². The molecule has 29 heavy (non-hydrogen) atoms. The van der Waals surface area contributed by atoms with Crippen molar-refractivity contribution in [1.29, 1.82) is 0 Å². The van der Waals surface area contributed by atoms with Crippen LogP contribution in [-0.4, -0.2) is 42.0 Å². The van der Waals surface area contributed by atoms with Gasteiger partial charge < -0.3 is 10.8 Å². The third-order valence-corrected chi connectivity index (χ3v) is 4.83. The van der Waals surface area contributed by atoms with Gasteiger partial charge in [-0.15, -0.1) is 16.4 Å². The summed E-state index contributed by atoms with van der Waals surface area (Å²) in [7, 11) is 0. The Bertz CT molecular complexity index is 1200. The Kier molecular flexibility index (Phi) is 4.75. The number of aromatic nitrogens is 5. The summed E-state index contributed by atoms with van der Waals surface area (Å²) in [5.74, 6) is -0.409. The minimum absolute atomic E-state index is 0.00748. The largest absolute Gasteiger partial charge is 0.507 e. The smallest absolute Gasteiger partial charge is 0.294 e. The molecule has 4 N–H and O–H groups in total. The molecule has 1 aromatic carbocycles. The van der Waals surface area contributed by atoms with Crippen molar-refractivity contribution in [3.05, 3.63) is 53.0 Å². The molecule has 0 aliphatic rings. The van der Waals surface area contributed by atoms with E-state index in [4.69, 9.17) is 5.73 Å². The molecule has 0 atom stereocenters. The Morgan fingerprint density at radius 2 is 2.10 bits per heavy atom. The van der Waals surface area contributed by atoms with Crippen LogP contribution in [0.1, 0.15) is 23.0 Å². The quantitative estimate of drug-likeness (QED) is 0.332. The van der Waals surface area contributed by atoms with Gasteiger partial charge >= 0.3 is 0 Å². The van der Waals surface area contributed by atoms with Gasteiger partial charge in [0.15, 0.2) is 5.69 Å². The monoisotopic (exact) mass is 410 g/mol. The number of hydrazone groups is 1. The summed E-state index contributed by atoms with van der Waals surface area (Å²) < 4.78 is 5.91. The number of para-hydroxylation sites is 1. The van der Waals surface area contributed by atoms with E-state index in [0.717, 1.165) is 0 Å². The number of benzene rings is 1. The van der Waals surface area contributed by atoms with Gasteiger partial charge in [0.25, 0.3) is 5.91 Å². The molecule has 1 amide bonds. The molecule has 0 bridgehead atoms. The van der Waals surface area contributed by atoms with Gasteiger partial charge in [0.2, 0.25) is 11.6 Å². The van der Waals surface area contributed by atoms with E-state index in [1.807, 2.05) is 11.4 Å². The van der Waals surface area contributed by atoms with E-state index in [-0.39, 0.29) is 23.1 Å². The van der Waals surface area contributed by atoms with Gasteiger partial charge in [-0.3, -0.25) is 4.79 Å². The van der Waals surface area contributed by atoms with Crippen LogP contribution in [-0.2, 0) is 0 Å². The number of phenols is 1. The number of thiophene rings is 1. The molecule has 0 aliphatic heterocycles. The summed E-state index contributed by atoms with van der Waals surface area (Å²) in [5.41, 5.74) is 9.50. The molecule has 0 unspecified atom stereocenters. The van der Waals surface area contributed by atoms with E-state index in [0.29, 0.717) is 21.8 Å². The van der Waals surface area contributed by atoms with Crippen molar-refractivity contribution in [2.45, 2.75) is 6.92 Å². The molecule has 4 rings (SSSR count). The standard InChI is InChI=1S/C17H14N8O3S/c1-9(10-5-2-3-6-11(10)26)19-21-17(27)13-14(12-7-4-8-29-12)25(24-20-13)16-15(18)22-28-23-16/h2-8,26H,1H3,(H2,18,22)(H,21,27).